The molecule has 2 N–H and O–H groups in total. The number of hydrogen-bond donors (Lipinski definition) is 2. The first-order valence-corrected chi connectivity index (χ1v) is 9.72. The highest BCUT2D eigenvalue weighted by Crippen LogP contribution is 2.49. The molecule has 2 amide bonds. The summed E-state index contributed by atoms with van der Waals surface area (Å²) in [4.78, 5) is 30.0. The molecule has 1 aromatic carbocycles. The Labute approximate surface area is 149 Å². The van der Waals surface area contributed by atoms with Crippen LogP contribution in [0.2, 0.25) is 0 Å². The summed E-state index contributed by atoms with van der Waals surface area (Å²) in [5.74, 6) is 0.0378. The Balaban J connectivity index is 1.24. The molecule has 0 radical (unpaired) electrons. The summed E-state index contributed by atoms with van der Waals surface area (Å²) >= 11 is 1.46. The molecule has 1 heterocycles. The van der Waals surface area contributed by atoms with Crippen LogP contribution in [-0.4, -0.2) is 22.8 Å². The molecule has 1 aromatic heterocycles. The molecule has 2 atom stereocenters. The number of aromatic nitrogens is 1. The minimum Gasteiger partial charge on any atom is -0.345 e. The monoisotopic (exact) mass is 353 g/mol. The number of amides is 2. The van der Waals surface area contributed by atoms with Crippen molar-refractivity contribution in [1.82, 2.24) is 10.3 Å². The van der Waals surface area contributed by atoms with Crippen LogP contribution in [0.25, 0.3) is 11.3 Å². The van der Waals surface area contributed by atoms with E-state index in [1.807, 2.05) is 18.2 Å². The maximum absolute atomic E-state index is 12.2. The highest BCUT2D eigenvalue weighted by atomic mass is 32.1. The van der Waals surface area contributed by atoms with Crippen molar-refractivity contribution in [3.05, 3.63) is 34.7 Å². The number of nitrogens with zero attached hydrogens (tertiary/aromatic N) is 1. The van der Waals surface area contributed by atoms with E-state index in [1.54, 1.807) is 0 Å². The number of fused-ring (bicyclic) bond motifs is 4. The van der Waals surface area contributed by atoms with Crippen molar-refractivity contribution in [2.45, 2.75) is 38.1 Å². The highest BCUT2D eigenvalue weighted by Gasteiger charge is 2.51. The van der Waals surface area contributed by atoms with E-state index in [2.05, 4.69) is 21.7 Å². The van der Waals surface area contributed by atoms with E-state index in [4.69, 9.17) is 0 Å². The van der Waals surface area contributed by atoms with Crippen LogP contribution in [0.4, 0.5) is 5.13 Å². The van der Waals surface area contributed by atoms with Gasteiger partial charge in [0.1, 0.15) is 0 Å². The summed E-state index contributed by atoms with van der Waals surface area (Å²) in [7, 11) is 0. The molecule has 2 unspecified atom stereocenters. The van der Waals surface area contributed by atoms with Gasteiger partial charge in [-0.05, 0) is 30.2 Å². The fourth-order valence-corrected chi connectivity index (χ4v) is 5.39. The zero-order chi connectivity index (χ0) is 17.0. The molecule has 2 fully saturated rings. The average Bonchev–Trinajstić information content (AvgIpc) is 2.98. The van der Waals surface area contributed by atoms with Crippen LogP contribution in [0.1, 0.15) is 36.1 Å². The molecule has 3 aliphatic carbocycles. The minimum atomic E-state index is -0.607. The van der Waals surface area contributed by atoms with Gasteiger partial charge in [-0.15, -0.1) is 11.3 Å². The quantitative estimate of drug-likeness (QED) is 0.696. The molecule has 2 saturated carbocycles. The van der Waals surface area contributed by atoms with Crippen molar-refractivity contribution in [2.24, 2.45) is 11.8 Å². The predicted octanol–water partition coefficient (Wildman–Crippen LogP) is 2.96. The number of rotatable bonds is 2. The first-order valence-electron chi connectivity index (χ1n) is 8.90. The lowest BCUT2D eigenvalue weighted by atomic mass is 10.0. The Morgan fingerprint density at radius 1 is 1.08 bits per heavy atom. The predicted molar refractivity (Wildman–Crippen MR) is 96.4 cm³/mol. The number of hydrogen-bond acceptors (Lipinski definition) is 4. The van der Waals surface area contributed by atoms with Gasteiger partial charge in [-0.1, -0.05) is 37.1 Å². The minimum absolute atomic E-state index is 0.203. The van der Waals surface area contributed by atoms with E-state index in [0.717, 1.165) is 22.6 Å². The van der Waals surface area contributed by atoms with E-state index in [1.165, 1.54) is 42.6 Å². The molecule has 6 heteroatoms. The van der Waals surface area contributed by atoms with Gasteiger partial charge in [0.05, 0.1) is 5.69 Å². The Morgan fingerprint density at radius 2 is 1.84 bits per heavy atom. The Bertz CT molecular complexity index is 863. The van der Waals surface area contributed by atoms with Crippen LogP contribution < -0.4 is 10.6 Å². The lowest BCUT2D eigenvalue weighted by Gasteiger charge is -2.04. The van der Waals surface area contributed by atoms with Gasteiger partial charge in [0.2, 0.25) is 0 Å². The van der Waals surface area contributed by atoms with Crippen LogP contribution >= 0.6 is 11.3 Å². The third-order valence-corrected chi connectivity index (χ3v) is 6.67. The number of thiazole rings is 1. The third kappa shape index (κ3) is 2.56. The molecule has 0 aliphatic heterocycles. The maximum atomic E-state index is 12.2. The molecule has 0 spiro atoms. The van der Waals surface area contributed by atoms with E-state index in [-0.39, 0.29) is 6.04 Å². The second kappa shape index (κ2) is 5.66. The van der Waals surface area contributed by atoms with Crippen molar-refractivity contribution >= 4 is 28.3 Å². The van der Waals surface area contributed by atoms with Gasteiger partial charge in [0.25, 0.3) is 0 Å². The van der Waals surface area contributed by atoms with E-state index in [9.17, 15) is 9.59 Å². The smallest absolute Gasteiger partial charge is 0.315 e. The summed E-state index contributed by atoms with van der Waals surface area (Å²) in [6, 6.07) is 8.37. The fourth-order valence-electron chi connectivity index (χ4n) is 4.39. The summed E-state index contributed by atoms with van der Waals surface area (Å²) < 4.78 is 0. The van der Waals surface area contributed by atoms with Gasteiger partial charge in [-0.25, -0.2) is 4.98 Å². The standard InChI is InChI=1S/C19H19N3O2S/c23-17(20-15-12-7-3-4-8-13(12)15)18(24)22-19-21-16-11-6-2-1-5-10(11)9-14(16)25-19/h1-2,5-6,12-13,15H,3-4,7-9H2,(H,20,23)(H,21,22,24). The summed E-state index contributed by atoms with van der Waals surface area (Å²) in [5.41, 5.74) is 3.33. The Morgan fingerprint density at radius 3 is 2.64 bits per heavy atom. The molecule has 0 bridgehead atoms. The van der Waals surface area contributed by atoms with Crippen molar-refractivity contribution in [3.8, 4) is 11.3 Å². The van der Waals surface area contributed by atoms with Gasteiger partial charge in [-0.3, -0.25) is 14.9 Å². The summed E-state index contributed by atoms with van der Waals surface area (Å²) in [5, 5.41) is 6.09. The number of carbonyl (C=O) groups excluding carboxylic acids is 2. The zero-order valence-electron chi connectivity index (χ0n) is 13.7. The fraction of sp³-hybridized carbons (Fsp3) is 0.421. The van der Waals surface area contributed by atoms with E-state index < -0.39 is 11.8 Å². The Kier molecular flexibility index (Phi) is 3.41. The number of carbonyl (C=O) groups is 2. The molecule has 5 rings (SSSR count). The van der Waals surface area contributed by atoms with E-state index in [0.29, 0.717) is 17.0 Å². The van der Waals surface area contributed by atoms with Crippen LogP contribution in [-0.2, 0) is 16.0 Å². The molecule has 25 heavy (non-hydrogen) atoms. The van der Waals surface area contributed by atoms with Crippen LogP contribution in [0, 0.1) is 11.8 Å². The van der Waals surface area contributed by atoms with Crippen molar-refractivity contribution < 1.29 is 9.59 Å². The average molecular weight is 353 g/mol. The number of anilines is 1. The van der Waals surface area contributed by atoms with Crippen LogP contribution in [0.15, 0.2) is 24.3 Å². The lowest BCUT2D eigenvalue weighted by molar-refractivity contribution is -0.136. The molecule has 3 aliphatic rings. The topological polar surface area (TPSA) is 71.1 Å². The molecular formula is C19H19N3O2S. The van der Waals surface area contributed by atoms with Crippen LogP contribution in [0.5, 0.6) is 0 Å². The van der Waals surface area contributed by atoms with Crippen LogP contribution in [0.3, 0.4) is 0 Å². The molecule has 2 aromatic rings. The summed E-state index contributed by atoms with van der Waals surface area (Å²) in [6.45, 7) is 0. The zero-order valence-corrected chi connectivity index (χ0v) is 14.6. The molecular weight excluding hydrogens is 334 g/mol. The maximum Gasteiger partial charge on any atom is 0.315 e. The molecule has 5 nitrogen and oxygen atoms in total. The second-order valence-corrected chi connectivity index (χ2v) is 8.27. The second-order valence-electron chi connectivity index (χ2n) is 7.19. The number of nitrogens with one attached hydrogen (secondary N) is 2. The van der Waals surface area contributed by atoms with Crippen molar-refractivity contribution in [3.63, 3.8) is 0 Å². The molecule has 128 valence electrons. The van der Waals surface area contributed by atoms with Gasteiger partial charge < -0.3 is 5.32 Å². The largest absolute Gasteiger partial charge is 0.345 e. The first-order chi connectivity index (χ1) is 12.2. The van der Waals surface area contributed by atoms with E-state index >= 15 is 0 Å². The van der Waals surface area contributed by atoms with Gasteiger partial charge in [-0.2, -0.15) is 0 Å². The summed E-state index contributed by atoms with van der Waals surface area (Å²) in [6.07, 6.45) is 5.68. The van der Waals surface area contributed by atoms with Crippen molar-refractivity contribution in [1.29, 1.82) is 0 Å². The van der Waals surface area contributed by atoms with Gasteiger partial charge >= 0.3 is 11.8 Å². The Hall–Kier alpha value is -2.21. The van der Waals surface area contributed by atoms with Gasteiger partial charge in [0, 0.05) is 22.9 Å². The highest BCUT2D eigenvalue weighted by molar-refractivity contribution is 7.16. The first kappa shape index (κ1) is 15.1. The molecule has 0 saturated heterocycles. The van der Waals surface area contributed by atoms with Crippen molar-refractivity contribution in [2.75, 3.05) is 5.32 Å². The van der Waals surface area contributed by atoms with Gasteiger partial charge in [0.15, 0.2) is 5.13 Å². The third-order valence-electron chi connectivity index (χ3n) is 5.70. The number of benzene rings is 1. The SMILES string of the molecule is O=C(Nc1nc2c(s1)Cc1ccccc1-2)C(=O)NC1C2CCCCC21. The lowest BCUT2D eigenvalue weighted by Crippen LogP contribution is -2.37. The normalized spacial score (nSPS) is 25.5.